The number of benzene rings is 2. The third-order valence-electron chi connectivity index (χ3n) is 8.65. The number of ketones is 1. The SMILES string of the molecule is [2H]C([2H])([2H])C([2H])(C[C@H](NC(=O)[C@H](CCc1ccccc1)NC(=O)CN1CCOCC1)C(=O)N[C@@H](Cc1ccccc1)C(=O)N[C@]([2H])(CC(C)C)C(=O)[C@]1(C)OC1([2H])[2H])C([2H])([2H])[2H]. The van der Waals surface area contributed by atoms with Crippen LogP contribution in [0.15, 0.2) is 60.7 Å². The third-order valence-corrected chi connectivity index (χ3v) is 8.65. The topological polar surface area (TPSA) is 158 Å². The molecule has 284 valence electrons. The Hall–Kier alpha value is -4.13. The van der Waals surface area contributed by atoms with Gasteiger partial charge in [0.05, 0.1) is 36.4 Å². The number of carbonyl (C=O) groups excluding carboxylic acids is 5. The molecule has 5 atom stereocenters. The quantitative estimate of drug-likeness (QED) is 0.152. The van der Waals surface area contributed by atoms with E-state index in [0.29, 0.717) is 31.9 Å². The monoisotopic (exact) mass is 729 g/mol. The number of epoxide rings is 1. The van der Waals surface area contributed by atoms with Gasteiger partial charge in [0.25, 0.3) is 0 Å². The van der Waals surface area contributed by atoms with E-state index in [9.17, 15) is 24.0 Å². The van der Waals surface area contributed by atoms with Crippen molar-refractivity contribution >= 4 is 29.4 Å². The Balaban J connectivity index is 1.71. The van der Waals surface area contributed by atoms with Gasteiger partial charge in [-0.2, -0.15) is 0 Å². The van der Waals surface area contributed by atoms with Crippen molar-refractivity contribution in [3.05, 3.63) is 71.8 Å². The van der Waals surface area contributed by atoms with Crippen LogP contribution in [0.25, 0.3) is 0 Å². The van der Waals surface area contributed by atoms with E-state index in [4.69, 9.17) is 23.2 Å². The summed E-state index contributed by atoms with van der Waals surface area (Å²) in [4.78, 5) is 71.9. The molecular weight excluding hydrogens is 662 g/mol. The number of nitrogens with one attached hydrogen (secondary N) is 4. The minimum absolute atomic E-state index is 0.0152. The Labute approximate surface area is 322 Å². The van der Waals surface area contributed by atoms with Crippen molar-refractivity contribution in [2.45, 2.75) is 96.3 Å². The summed E-state index contributed by atoms with van der Waals surface area (Å²) in [7, 11) is 0. The van der Waals surface area contributed by atoms with Gasteiger partial charge in [-0.15, -0.1) is 0 Å². The van der Waals surface area contributed by atoms with Crippen LogP contribution >= 0.6 is 0 Å². The van der Waals surface area contributed by atoms with Crippen molar-refractivity contribution in [3.8, 4) is 0 Å². The molecule has 4 amide bonds. The van der Waals surface area contributed by atoms with Gasteiger partial charge in [0, 0.05) is 29.1 Å². The van der Waals surface area contributed by atoms with Gasteiger partial charge in [-0.25, -0.2) is 0 Å². The van der Waals surface area contributed by atoms with Gasteiger partial charge in [0.2, 0.25) is 23.6 Å². The fourth-order valence-corrected chi connectivity index (χ4v) is 5.75. The fraction of sp³-hybridized carbons (Fsp3) is 0.575. The smallest absolute Gasteiger partial charge is 0.243 e. The number of Topliss-reactive ketones (excluding diaryl/α,β-unsaturated/α-hetero) is 1. The lowest BCUT2D eigenvalue weighted by atomic mass is 9.93. The van der Waals surface area contributed by atoms with Crippen molar-refractivity contribution in [2.75, 3.05) is 39.4 Å². The molecule has 2 aromatic carbocycles. The number of carbonyl (C=O) groups is 5. The normalized spacial score (nSPS) is 24.7. The molecule has 2 fully saturated rings. The number of hydrogen-bond donors (Lipinski definition) is 4. The molecule has 4 rings (SSSR count). The average Bonchev–Trinajstić information content (AvgIpc) is 3.72. The summed E-state index contributed by atoms with van der Waals surface area (Å²) in [6.45, 7) is -3.37. The average molecular weight is 730 g/mol. The highest BCUT2D eigenvalue weighted by Gasteiger charge is 2.50. The molecule has 0 aromatic heterocycles. The van der Waals surface area contributed by atoms with Crippen molar-refractivity contribution in [3.63, 3.8) is 0 Å². The molecule has 2 heterocycles. The summed E-state index contributed by atoms with van der Waals surface area (Å²) in [6, 6.07) is 9.57. The predicted octanol–water partition coefficient (Wildman–Crippen LogP) is 2.58. The first kappa shape index (κ1) is 28.4. The van der Waals surface area contributed by atoms with Crippen LogP contribution in [-0.4, -0.2) is 103 Å². The van der Waals surface area contributed by atoms with Gasteiger partial charge < -0.3 is 30.7 Å². The standard InChI is InChI=1S/C40H57N5O7/c1-27(2)22-32(36(47)40(5)26-52-40)42-39(50)34(24-30-14-10-7-11-15-30)44-38(49)33(23-28(3)4)43-37(48)31(17-16-29-12-8-6-9-13-29)41-35(46)25-45-18-20-51-21-19-45/h6-15,27-28,31-34H,16-26H2,1-5H3,(H,41,46)(H,42,50)(H,43,48)(H,44,49)/t31-,32+,33-,34-,40+/m0/s1/i3D3,4D3,26D2,28D,32D. The summed E-state index contributed by atoms with van der Waals surface area (Å²) in [5.74, 6) is -8.74. The predicted molar refractivity (Wildman–Crippen MR) is 198 cm³/mol. The zero-order valence-electron chi connectivity index (χ0n) is 40.0. The summed E-state index contributed by atoms with van der Waals surface area (Å²) < 4.78 is 92.7. The molecule has 2 aliphatic rings. The number of amides is 4. The van der Waals surface area contributed by atoms with Gasteiger partial charge in [-0.3, -0.25) is 28.9 Å². The molecule has 0 spiro atoms. The van der Waals surface area contributed by atoms with Crippen molar-refractivity contribution < 1.29 is 47.2 Å². The molecule has 52 heavy (non-hydrogen) atoms. The van der Waals surface area contributed by atoms with E-state index in [1.54, 1.807) is 74.5 Å². The second-order valence-electron chi connectivity index (χ2n) is 13.7. The maximum Gasteiger partial charge on any atom is 0.243 e. The number of morpholine rings is 1. The first-order valence-electron chi connectivity index (χ1n) is 22.6. The largest absolute Gasteiger partial charge is 0.379 e. The van der Waals surface area contributed by atoms with Gasteiger partial charge in [0.15, 0.2) is 5.78 Å². The molecule has 0 radical (unpaired) electrons. The molecule has 12 nitrogen and oxygen atoms in total. The second-order valence-corrected chi connectivity index (χ2v) is 13.7. The molecular formula is C40H57N5O7. The van der Waals surface area contributed by atoms with Gasteiger partial charge >= 0.3 is 0 Å². The zero-order chi connectivity index (χ0) is 46.3. The van der Waals surface area contributed by atoms with Crippen LogP contribution in [0.4, 0.5) is 0 Å². The van der Waals surface area contributed by atoms with E-state index in [-0.39, 0.29) is 38.1 Å². The molecule has 0 aliphatic carbocycles. The van der Waals surface area contributed by atoms with Crippen LogP contribution in [0, 0.1) is 11.8 Å². The van der Waals surface area contributed by atoms with E-state index < -0.39 is 91.7 Å². The second kappa shape index (κ2) is 19.6. The third kappa shape index (κ3) is 13.1. The van der Waals surface area contributed by atoms with Crippen LogP contribution in [0.5, 0.6) is 0 Å². The van der Waals surface area contributed by atoms with Gasteiger partial charge in [-0.1, -0.05) is 88.2 Å². The van der Waals surface area contributed by atoms with E-state index >= 15 is 0 Å². The van der Waals surface area contributed by atoms with E-state index in [1.807, 2.05) is 4.90 Å². The number of nitrogens with zero attached hydrogens (tertiary/aromatic N) is 1. The lowest BCUT2D eigenvalue weighted by Crippen LogP contribution is -2.59. The minimum atomic E-state index is -3.53. The summed E-state index contributed by atoms with van der Waals surface area (Å²) >= 11 is 0. The Morgan fingerprint density at radius 2 is 1.40 bits per heavy atom. The first-order chi connectivity index (χ1) is 28.7. The van der Waals surface area contributed by atoms with E-state index in [1.165, 1.54) is 0 Å². The highest BCUT2D eigenvalue weighted by molar-refractivity contribution is 5.98. The first-order valence-corrected chi connectivity index (χ1v) is 17.6. The van der Waals surface area contributed by atoms with E-state index in [0.717, 1.165) is 12.5 Å². The van der Waals surface area contributed by atoms with E-state index in [2.05, 4.69) is 21.3 Å². The molecule has 2 aliphatic heterocycles. The van der Waals surface area contributed by atoms with Crippen LogP contribution in [-0.2, 0) is 46.3 Å². The Morgan fingerprint density at radius 3 is 2.00 bits per heavy atom. The molecule has 4 N–H and O–H groups in total. The van der Waals surface area contributed by atoms with Crippen molar-refractivity contribution in [2.24, 2.45) is 11.8 Å². The molecule has 12 heteroatoms. The van der Waals surface area contributed by atoms with Gasteiger partial charge in [-0.05, 0) is 55.5 Å². The Morgan fingerprint density at radius 1 is 0.827 bits per heavy atom. The molecule has 0 bridgehead atoms. The van der Waals surface area contributed by atoms with Crippen LogP contribution in [0.1, 0.15) is 78.6 Å². The minimum Gasteiger partial charge on any atom is -0.379 e. The number of rotatable bonds is 20. The zero-order valence-corrected chi connectivity index (χ0v) is 30.0. The molecule has 2 saturated heterocycles. The Kier molecular flexibility index (Phi) is 10.7. The highest BCUT2D eigenvalue weighted by Crippen LogP contribution is 2.29. The van der Waals surface area contributed by atoms with Crippen LogP contribution in [0.2, 0.25) is 0 Å². The summed E-state index contributed by atoms with van der Waals surface area (Å²) in [5, 5.41) is 9.90. The molecule has 2 aromatic rings. The number of hydrogen-bond acceptors (Lipinski definition) is 8. The fourth-order valence-electron chi connectivity index (χ4n) is 5.75. The van der Waals surface area contributed by atoms with Gasteiger partial charge in [0.1, 0.15) is 23.7 Å². The van der Waals surface area contributed by atoms with Crippen molar-refractivity contribution in [1.82, 2.24) is 26.2 Å². The summed E-state index contributed by atoms with van der Waals surface area (Å²) in [6.07, 6.45) is -1.64. The lowest BCUT2D eigenvalue weighted by molar-refractivity contribution is -0.135. The van der Waals surface area contributed by atoms with Crippen LogP contribution in [0.3, 0.4) is 0 Å². The molecule has 0 saturated carbocycles. The maximum atomic E-state index is 14.5. The highest BCUT2D eigenvalue weighted by atomic mass is 16.6. The number of aryl methyl sites for hydroxylation is 1. The van der Waals surface area contributed by atoms with Crippen LogP contribution < -0.4 is 21.3 Å². The number of ether oxygens (including phenoxy) is 2. The maximum absolute atomic E-state index is 14.5. The summed E-state index contributed by atoms with van der Waals surface area (Å²) in [5.41, 5.74) is -0.801. The molecule has 0 unspecified atom stereocenters. The van der Waals surface area contributed by atoms with Crippen molar-refractivity contribution in [1.29, 1.82) is 0 Å². The lowest BCUT2D eigenvalue weighted by Gasteiger charge is -2.29. The Bertz CT molecular complexity index is 1870.